The number of rotatable bonds is 9. The number of nitrogens with one attached hydrogen (secondary N) is 1. The molecule has 29 heavy (non-hydrogen) atoms. The number of carbonyl (C=O) groups excluding carboxylic acids is 2. The van der Waals surface area contributed by atoms with Gasteiger partial charge in [-0.1, -0.05) is 78.9 Å². The molecule has 3 aromatic rings. The number of para-hydroxylation sites is 1. The van der Waals surface area contributed by atoms with Crippen molar-refractivity contribution in [1.82, 2.24) is 0 Å². The molecule has 0 spiro atoms. The summed E-state index contributed by atoms with van der Waals surface area (Å²) in [6, 6.07) is 27.2. The van der Waals surface area contributed by atoms with Crippen LogP contribution in [0.3, 0.4) is 0 Å². The standard InChI is InChI=1S/C24H23NO4/c26-23(28-17-19-10-4-1-5-11-19)16-22(25-21-14-8-3-9-15-21)24(27)29-18-20-12-6-2-7-13-20/h1-15,22,25H,16-18H2/t22-/m0/s1. The Morgan fingerprint density at radius 2 is 1.17 bits per heavy atom. The summed E-state index contributed by atoms with van der Waals surface area (Å²) >= 11 is 0. The van der Waals surface area contributed by atoms with Crippen LogP contribution < -0.4 is 5.32 Å². The van der Waals surface area contributed by atoms with Crippen LogP contribution in [0.1, 0.15) is 17.5 Å². The zero-order chi connectivity index (χ0) is 20.3. The van der Waals surface area contributed by atoms with Gasteiger partial charge in [-0.25, -0.2) is 4.79 Å². The lowest BCUT2D eigenvalue weighted by molar-refractivity contribution is -0.152. The summed E-state index contributed by atoms with van der Waals surface area (Å²) in [4.78, 5) is 25.0. The first kappa shape index (κ1) is 20.1. The third-order valence-corrected chi connectivity index (χ3v) is 4.24. The Balaban J connectivity index is 1.60. The lowest BCUT2D eigenvalue weighted by Gasteiger charge is -2.18. The van der Waals surface area contributed by atoms with Gasteiger partial charge < -0.3 is 14.8 Å². The van der Waals surface area contributed by atoms with E-state index in [-0.39, 0.29) is 19.6 Å². The van der Waals surface area contributed by atoms with Crippen LogP contribution >= 0.6 is 0 Å². The lowest BCUT2D eigenvalue weighted by atomic mass is 10.2. The summed E-state index contributed by atoms with van der Waals surface area (Å²) in [5, 5.41) is 3.07. The van der Waals surface area contributed by atoms with E-state index in [1.807, 2.05) is 91.0 Å². The maximum Gasteiger partial charge on any atom is 0.329 e. The third-order valence-electron chi connectivity index (χ3n) is 4.24. The Morgan fingerprint density at radius 1 is 0.690 bits per heavy atom. The molecule has 0 amide bonds. The van der Waals surface area contributed by atoms with Crippen molar-refractivity contribution in [2.75, 3.05) is 5.32 Å². The summed E-state index contributed by atoms with van der Waals surface area (Å²) < 4.78 is 10.7. The van der Waals surface area contributed by atoms with Crippen molar-refractivity contribution in [3.63, 3.8) is 0 Å². The van der Waals surface area contributed by atoms with E-state index in [1.165, 1.54) is 0 Å². The Hall–Kier alpha value is -3.60. The van der Waals surface area contributed by atoms with Gasteiger partial charge in [-0.15, -0.1) is 0 Å². The highest BCUT2D eigenvalue weighted by molar-refractivity contribution is 5.85. The normalized spacial score (nSPS) is 11.3. The fourth-order valence-corrected chi connectivity index (χ4v) is 2.72. The third kappa shape index (κ3) is 6.81. The minimum Gasteiger partial charge on any atom is -0.461 e. The highest BCUT2D eigenvalue weighted by Crippen LogP contribution is 2.13. The van der Waals surface area contributed by atoms with Gasteiger partial charge in [0.1, 0.15) is 19.3 Å². The predicted molar refractivity (Wildman–Crippen MR) is 111 cm³/mol. The summed E-state index contributed by atoms with van der Waals surface area (Å²) in [5.41, 5.74) is 2.50. The van der Waals surface area contributed by atoms with Crippen LogP contribution in [0, 0.1) is 0 Å². The summed E-state index contributed by atoms with van der Waals surface area (Å²) in [7, 11) is 0. The van der Waals surface area contributed by atoms with Gasteiger partial charge in [0.15, 0.2) is 0 Å². The molecular formula is C24H23NO4. The van der Waals surface area contributed by atoms with Crippen LogP contribution in [0.25, 0.3) is 0 Å². The average molecular weight is 389 g/mol. The van der Waals surface area contributed by atoms with E-state index in [4.69, 9.17) is 9.47 Å². The molecule has 0 heterocycles. The fraction of sp³-hybridized carbons (Fsp3) is 0.167. The number of hydrogen-bond donors (Lipinski definition) is 1. The predicted octanol–water partition coefficient (Wildman–Crippen LogP) is 4.34. The maximum atomic E-state index is 12.6. The first-order valence-electron chi connectivity index (χ1n) is 9.42. The molecule has 0 radical (unpaired) electrons. The van der Waals surface area contributed by atoms with Crippen molar-refractivity contribution in [2.45, 2.75) is 25.7 Å². The number of anilines is 1. The number of hydrogen-bond acceptors (Lipinski definition) is 5. The molecule has 148 valence electrons. The van der Waals surface area contributed by atoms with Gasteiger partial charge in [0.25, 0.3) is 0 Å². The van der Waals surface area contributed by atoms with E-state index in [2.05, 4.69) is 5.32 Å². The van der Waals surface area contributed by atoms with Crippen molar-refractivity contribution >= 4 is 17.6 Å². The molecule has 5 nitrogen and oxygen atoms in total. The van der Waals surface area contributed by atoms with Crippen LogP contribution in [-0.2, 0) is 32.3 Å². The number of esters is 2. The first-order valence-corrected chi connectivity index (χ1v) is 9.42. The second-order valence-corrected chi connectivity index (χ2v) is 6.51. The second kappa shape index (κ2) is 10.7. The molecule has 0 unspecified atom stereocenters. The summed E-state index contributed by atoms with van der Waals surface area (Å²) in [6.07, 6.45) is -0.130. The quantitative estimate of drug-likeness (QED) is 0.552. The fourth-order valence-electron chi connectivity index (χ4n) is 2.72. The molecule has 3 rings (SSSR count). The monoisotopic (exact) mass is 389 g/mol. The highest BCUT2D eigenvalue weighted by Gasteiger charge is 2.24. The minimum atomic E-state index is -0.843. The molecule has 5 heteroatoms. The van der Waals surface area contributed by atoms with Gasteiger partial charge in [0.2, 0.25) is 0 Å². The van der Waals surface area contributed by atoms with E-state index >= 15 is 0 Å². The van der Waals surface area contributed by atoms with Gasteiger partial charge in [0, 0.05) is 5.69 Å². The van der Waals surface area contributed by atoms with Crippen LogP contribution in [0.2, 0.25) is 0 Å². The lowest BCUT2D eigenvalue weighted by Crippen LogP contribution is -2.34. The molecule has 0 aliphatic rings. The van der Waals surface area contributed by atoms with E-state index in [0.29, 0.717) is 0 Å². The number of ether oxygens (including phenoxy) is 2. The molecule has 0 aliphatic heterocycles. The average Bonchev–Trinajstić information content (AvgIpc) is 2.78. The van der Waals surface area contributed by atoms with Gasteiger partial charge in [0.05, 0.1) is 6.42 Å². The maximum absolute atomic E-state index is 12.6. The largest absolute Gasteiger partial charge is 0.461 e. The van der Waals surface area contributed by atoms with Crippen LogP contribution in [0.4, 0.5) is 5.69 Å². The number of carbonyl (C=O) groups is 2. The van der Waals surface area contributed by atoms with Crippen molar-refractivity contribution in [2.24, 2.45) is 0 Å². The van der Waals surface area contributed by atoms with Crippen molar-refractivity contribution in [3.8, 4) is 0 Å². The molecule has 0 aliphatic carbocycles. The Morgan fingerprint density at radius 3 is 1.72 bits per heavy atom. The molecule has 0 saturated carbocycles. The van der Waals surface area contributed by atoms with Crippen molar-refractivity contribution in [3.05, 3.63) is 102 Å². The minimum absolute atomic E-state index is 0.130. The van der Waals surface area contributed by atoms with E-state index < -0.39 is 18.0 Å². The Bertz CT molecular complexity index is 898. The van der Waals surface area contributed by atoms with Gasteiger partial charge in [-0.2, -0.15) is 0 Å². The topological polar surface area (TPSA) is 64.6 Å². The molecule has 1 atom stereocenters. The first-order chi connectivity index (χ1) is 14.2. The molecule has 1 N–H and O–H groups in total. The molecule has 3 aromatic carbocycles. The molecular weight excluding hydrogens is 366 g/mol. The van der Waals surface area contributed by atoms with E-state index in [9.17, 15) is 9.59 Å². The van der Waals surface area contributed by atoms with Crippen molar-refractivity contribution in [1.29, 1.82) is 0 Å². The highest BCUT2D eigenvalue weighted by atomic mass is 16.5. The number of benzene rings is 3. The Kier molecular flexibility index (Phi) is 7.41. The van der Waals surface area contributed by atoms with Gasteiger partial charge in [-0.3, -0.25) is 4.79 Å². The molecule has 0 aromatic heterocycles. The van der Waals surface area contributed by atoms with E-state index in [1.54, 1.807) is 0 Å². The smallest absolute Gasteiger partial charge is 0.329 e. The SMILES string of the molecule is O=C(C[C@H](Nc1ccccc1)C(=O)OCc1ccccc1)OCc1ccccc1. The zero-order valence-corrected chi connectivity index (χ0v) is 16.0. The van der Waals surface area contributed by atoms with Crippen molar-refractivity contribution < 1.29 is 19.1 Å². The van der Waals surface area contributed by atoms with Crippen LogP contribution in [0.15, 0.2) is 91.0 Å². The molecule has 0 bridgehead atoms. The van der Waals surface area contributed by atoms with Gasteiger partial charge in [-0.05, 0) is 23.3 Å². The molecule has 0 saturated heterocycles. The Labute approximate surface area is 170 Å². The van der Waals surface area contributed by atoms with Gasteiger partial charge >= 0.3 is 11.9 Å². The zero-order valence-electron chi connectivity index (χ0n) is 16.0. The van der Waals surface area contributed by atoms with E-state index in [0.717, 1.165) is 16.8 Å². The second-order valence-electron chi connectivity index (χ2n) is 6.51. The van der Waals surface area contributed by atoms with Crippen LogP contribution in [-0.4, -0.2) is 18.0 Å². The van der Waals surface area contributed by atoms with Crippen LogP contribution in [0.5, 0.6) is 0 Å². The summed E-state index contributed by atoms with van der Waals surface area (Å²) in [6.45, 7) is 0.308. The molecule has 0 fully saturated rings. The summed E-state index contributed by atoms with van der Waals surface area (Å²) in [5.74, 6) is -0.978.